The van der Waals surface area contributed by atoms with E-state index in [2.05, 4.69) is 6.92 Å². The first-order valence-corrected chi connectivity index (χ1v) is 9.17. The van der Waals surface area contributed by atoms with Crippen molar-refractivity contribution in [2.45, 2.75) is 24.7 Å². The summed E-state index contributed by atoms with van der Waals surface area (Å²) in [6, 6.07) is 17.1. The van der Waals surface area contributed by atoms with Crippen molar-refractivity contribution < 1.29 is 8.42 Å². The van der Waals surface area contributed by atoms with Crippen molar-refractivity contribution in [3.05, 3.63) is 54.6 Å². The number of benzene rings is 2. The molecule has 116 valence electrons. The Morgan fingerprint density at radius 1 is 0.909 bits per heavy atom. The second-order valence-electron chi connectivity index (χ2n) is 5.98. The van der Waals surface area contributed by atoms with Crippen LogP contribution in [0, 0.1) is 5.92 Å². The van der Waals surface area contributed by atoms with Crippen LogP contribution < -0.4 is 0 Å². The molecule has 3 rings (SSSR count). The lowest BCUT2D eigenvalue weighted by Crippen LogP contribution is -2.37. The van der Waals surface area contributed by atoms with Crippen molar-refractivity contribution in [3.63, 3.8) is 0 Å². The zero-order chi connectivity index (χ0) is 15.6. The SMILES string of the molecule is CC1CCN(S(=O)(=O)c2cccc(-c3ccccc3)c2)CC1. The third-order valence-corrected chi connectivity index (χ3v) is 6.22. The lowest BCUT2D eigenvalue weighted by atomic mass is 10.0. The van der Waals surface area contributed by atoms with Gasteiger partial charge in [0.05, 0.1) is 4.90 Å². The van der Waals surface area contributed by atoms with Gasteiger partial charge in [0.1, 0.15) is 0 Å². The molecule has 2 aromatic carbocycles. The molecule has 0 unspecified atom stereocenters. The van der Waals surface area contributed by atoms with Gasteiger partial charge in [0.25, 0.3) is 0 Å². The van der Waals surface area contributed by atoms with E-state index in [0.717, 1.165) is 24.0 Å². The molecule has 1 aliphatic rings. The summed E-state index contributed by atoms with van der Waals surface area (Å²) < 4.78 is 27.2. The van der Waals surface area contributed by atoms with Gasteiger partial charge >= 0.3 is 0 Å². The molecule has 0 atom stereocenters. The Labute approximate surface area is 132 Å². The van der Waals surface area contributed by atoms with Crippen LogP contribution in [0.15, 0.2) is 59.5 Å². The monoisotopic (exact) mass is 315 g/mol. The van der Waals surface area contributed by atoms with Crippen LogP contribution in [0.3, 0.4) is 0 Å². The van der Waals surface area contributed by atoms with Gasteiger partial charge in [-0.05, 0) is 42.0 Å². The van der Waals surface area contributed by atoms with Crippen molar-refractivity contribution in [1.29, 1.82) is 0 Å². The zero-order valence-corrected chi connectivity index (χ0v) is 13.6. The highest BCUT2D eigenvalue weighted by atomic mass is 32.2. The molecule has 0 spiro atoms. The van der Waals surface area contributed by atoms with Gasteiger partial charge in [-0.15, -0.1) is 0 Å². The summed E-state index contributed by atoms with van der Waals surface area (Å²) in [5, 5.41) is 0. The molecule has 0 saturated carbocycles. The van der Waals surface area contributed by atoms with Gasteiger partial charge in [0, 0.05) is 13.1 Å². The molecule has 1 aliphatic heterocycles. The average molecular weight is 315 g/mol. The Morgan fingerprint density at radius 3 is 2.23 bits per heavy atom. The van der Waals surface area contributed by atoms with E-state index in [1.54, 1.807) is 16.4 Å². The minimum absolute atomic E-state index is 0.392. The topological polar surface area (TPSA) is 37.4 Å². The van der Waals surface area contributed by atoms with E-state index in [4.69, 9.17) is 0 Å². The van der Waals surface area contributed by atoms with Crippen LogP contribution >= 0.6 is 0 Å². The number of nitrogens with zero attached hydrogens (tertiary/aromatic N) is 1. The molecule has 1 heterocycles. The number of hydrogen-bond acceptors (Lipinski definition) is 2. The summed E-state index contributed by atoms with van der Waals surface area (Å²) in [6.45, 7) is 3.43. The van der Waals surface area contributed by atoms with Gasteiger partial charge in [-0.3, -0.25) is 0 Å². The van der Waals surface area contributed by atoms with Crippen LogP contribution in [0.5, 0.6) is 0 Å². The zero-order valence-electron chi connectivity index (χ0n) is 12.8. The van der Waals surface area contributed by atoms with Crippen molar-refractivity contribution in [2.75, 3.05) is 13.1 Å². The molecule has 0 aromatic heterocycles. The van der Waals surface area contributed by atoms with E-state index in [1.165, 1.54) is 0 Å². The van der Waals surface area contributed by atoms with E-state index in [0.29, 0.717) is 23.9 Å². The van der Waals surface area contributed by atoms with Crippen molar-refractivity contribution in [1.82, 2.24) is 4.31 Å². The van der Waals surface area contributed by atoms with Crippen molar-refractivity contribution >= 4 is 10.0 Å². The Morgan fingerprint density at radius 2 is 1.55 bits per heavy atom. The highest BCUT2D eigenvalue weighted by Crippen LogP contribution is 2.27. The number of piperidine rings is 1. The normalized spacial score (nSPS) is 17.5. The molecule has 0 amide bonds. The van der Waals surface area contributed by atoms with Crippen molar-refractivity contribution in [3.8, 4) is 11.1 Å². The molecular weight excluding hydrogens is 294 g/mol. The van der Waals surface area contributed by atoms with Gasteiger partial charge in [0.15, 0.2) is 0 Å². The fourth-order valence-corrected chi connectivity index (χ4v) is 4.36. The smallest absolute Gasteiger partial charge is 0.207 e. The van der Waals surface area contributed by atoms with E-state index in [9.17, 15) is 8.42 Å². The Balaban J connectivity index is 1.91. The molecule has 2 aromatic rings. The van der Waals surface area contributed by atoms with Gasteiger partial charge in [0.2, 0.25) is 10.0 Å². The molecule has 0 aliphatic carbocycles. The van der Waals surface area contributed by atoms with Gasteiger partial charge in [-0.25, -0.2) is 8.42 Å². The Bertz CT molecular complexity index is 733. The van der Waals surface area contributed by atoms with E-state index < -0.39 is 10.0 Å². The predicted octanol–water partition coefficient (Wildman–Crippen LogP) is 3.77. The third-order valence-electron chi connectivity index (χ3n) is 4.32. The van der Waals surface area contributed by atoms with Crippen LogP contribution in [0.2, 0.25) is 0 Å². The first kappa shape index (κ1) is 15.3. The largest absolute Gasteiger partial charge is 0.243 e. The summed E-state index contributed by atoms with van der Waals surface area (Å²) in [7, 11) is -3.38. The molecule has 4 heteroatoms. The number of hydrogen-bond donors (Lipinski definition) is 0. The van der Waals surface area contributed by atoms with E-state index in [-0.39, 0.29) is 0 Å². The highest BCUT2D eigenvalue weighted by Gasteiger charge is 2.28. The molecule has 3 nitrogen and oxygen atoms in total. The average Bonchev–Trinajstić information content (AvgIpc) is 2.56. The second-order valence-corrected chi connectivity index (χ2v) is 7.92. The molecule has 1 fully saturated rings. The maximum Gasteiger partial charge on any atom is 0.243 e. The van der Waals surface area contributed by atoms with Crippen molar-refractivity contribution in [2.24, 2.45) is 5.92 Å². The predicted molar refractivity (Wildman–Crippen MR) is 89.0 cm³/mol. The second kappa shape index (κ2) is 6.23. The van der Waals surface area contributed by atoms with Gasteiger partial charge in [-0.2, -0.15) is 4.31 Å². The fraction of sp³-hybridized carbons (Fsp3) is 0.333. The summed E-state index contributed by atoms with van der Waals surface area (Å²) in [4.78, 5) is 0.392. The van der Waals surface area contributed by atoms with E-state index >= 15 is 0 Å². The summed E-state index contributed by atoms with van der Waals surface area (Å²) in [5.41, 5.74) is 1.97. The maximum absolute atomic E-state index is 12.8. The lowest BCUT2D eigenvalue weighted by molar-refractivity contribution is 0.288. The van der Waals surface area contributed by atoms with Crippen LogP contribution in [0.4, 0.5) is 0 Å². The van der Waals surface area contributed by atoms with Crippen LogP contribution in [-0.2, 0) is 10.0 Å². The maximum atomic E-state index is 12.8. The summed E-state index contributed by atoms with van der Waals surface area (Å²) >= 11 is 0. The molecule has 22 heavy (non-hydrogen) atoms. The molecule has 0 N–H and O–H groups in total. The number of sulfonamides is 1. The molecule has 0 radical (unpaired) electrons. The quantitative estimate of drug-likeness (QED) is 0.864. The first-order valence-electron chi connectivity index (χ1n) is 7.73. The Kier molecular flexibility index (Phi) is 4.32. The Hall–Kier alpha value is -1.65. The molecule has 0 bridgehead atoms. The fourth-order valence-electron chi connectivity index (χ4n) is 2.84. The standard InChI is InChI=1S/C18H21NO2S/c1-15-10-12-19(13-11-15)22(20,21)18-9-5-8-17(14-18)16-6-3-2-4-7-16/h2-9,14-15H,10-13H2,1H3. The first-order chi connectivity index (χ1) is 10.6. The lowest BCUT2D eigenvalue weighted by Gasteiger charge is -2.29. The van der Waals surface area contributed by atoms with Crippen LogP contribution in [0.25, 0.3) is 11.1 Å². The van der Waals surface area contributed by atoms with E-state index in [1.807, 2.05) is 42.5 Å². The summed E-state index contributed by atoms with van der Waals surface area (Å²) in [5.74, 6) is 0.613. The molecule has 1 saturated heterocycles. The number of rotatable bonds is 3. The van der Waals surface area contributed by atoms with Crippen LogP contribution in [0.1, 0.15) is 19.8 Å². The minimum atomic E-state index is -3.38. The highest BCUT2D eigenvalue weighted by molar-refractivity contribution is 7.89. The van der Waals surface area contributed by atoms with Crippen LogP contribution in [-0.4, -0.2) is 25.8 Å². The minimum Gasteiger partial charge on any atom is -0.207 e. The summed E-state index contributed by atoms with van der Waals surface area (Å²) in [6.07, 6.45) is 1.88. The molecular formula is C18H21NO2S. The van der Waals surface area contributed by atoms with Gasteiger partial charge in [-0.1, -0.05) is 49.4 Å². The van der Waals surface area contributed by atoms with Gasteiger partial charge < -0.3 is 0 Å². The third kappa shape index (κ3) is 3.08.